The predicted octanol–water partition coefficient (Wildman–Crippen LogP) is 5.49. The van der Waals surface area contributed by atoms with Crippen molar-refractivity contribution in [2.45, 2.75) is 104 Å². The van der Waals surface area contributed by atoms with Crippen LogP contribution in [-0.2, 0) is 26.2 Å². The van der Waals surface area contributed by atoms with Crippen molar-refractivity contribution in [3.05, 3.63) is 13.8 Å². The maximum atomic E-state index is 3.80. The van der Waals surface area contributed by atoms with Gasteiger partial charge >= 0.3 is 26.2 Å². The van der Waals surface area contributed by atoms with Gasteiger partial charge in [-0.05, 0) is 0 Å². The number of rotatable bonds is 12. The van der Waals surface area contributed by atoms with E-state index >= 15 is 0 Å². The van der Waals surface area contributed by atoms with Crippen molar-refractivity contribution in [3.63, 3.8) is 0 Å². The molecule has 0 amide bonds. The van der Waals surface area contributed by atoms with Gasteiger partial charge in [-0.15, -0.1) is 0 Å². The molecule has 0 heterocycles. The van der Waals surface area contributed by atoms with Crippen molar-refractivity contribution in [1.82, 2.24) is 0 Å². The van der Waals surface area contributed by atoms with Gasteiger partial charge < -0.3 is 24.8 Å². The Balaban J connectivity index is -0.0000000711. The summed E-state index contributed by atoms with van der Waals surface area (Å²) < 4.78 is 0. The molecule has 0 rings (SSSR count). The van der Waals surface area contributed by atoms with Crippen LogP contribution in [0.1, 0.15) is 104 Å². The molecule has 0 aliphatic heterocycles. The van der Waals surface area contributed by atoms with Crippen LogP contribution >= 0.6 is 0 Å². The molecule has 0 radical (unpaired) electrons. The second kappa shape index (κ2) is 37.2. The molecule has 4 N–H and O–H groups in total. The number of hydrogen-bond donors (Lipinski definition) is 0. The zero-order valence-corrected chi connectivity index (χ0v) is 17.3. The smallest absolute Gasteiger partial charge is 0.412 e. The molecule has 0 atom stereocenters. The van der Waals surface area contributed by atoms with Crippen LogP contribution < -0.4 is 0 Å². The molecule has 0 saturated carbocycles. The normalized spacial score (nSPS) is 8.57. The zero-order chi connectivity index (χ0) is 13.9. The molecule has 21 heavy (non-hydrogen) atoms. The van der Waals surface area contributed by atoms with E-state index in [1.54, 1.807) is 0 Å². The van der Waals surface area contributed by atoms with Gasteiger partial charge in [0.15, 0.2) is 0 Å². The van der Waals surface area contributed by atoms with Crippen molar-refractivity contribution < 1.29 is 37.2 Å². The van der Waals surface area contributed by atoms with Crippen LogP contribution in [0.4, 0.5) is 0 Å². The van der Waals surface area contributed by atoms with Gasteiger partial charge in [-0.2, -0.15) is 12.8 Å². The van der Waals surface area contributed by atoms with E-state index in [1.807, 2.05) is 0 Å². The van der Waals surface area contributed by atoms with Crippen LogP contribution in [0.5, 0.6) is 0 Å². The monoisotopic (exact) mass is 380 g/mol. The van der Waals surface area contributed by atoms with E-state index in [2.05, 4.69) is 27.7 Å². The van der Waals surface area contributed by atoms with Crippen molar-refractivity contribution in [2.75, 3.05) is 0 Å². The SMILES string of the molecule is O.O.[CH2-]CCCCCCCC.[CH2-]CCCCCCCC.[Zr+2]. The average Bonchev–Trinajstić information content (AvgIpc) is 2.39. The van der Waals surface area contributed by atoms with Crippen LogP contribution in [0.15, 0.2) is 0 Å². The summed E-state index contributed by atoms with van der Waals surface area (Å²) in [6.45, 7) is 12.1. The van der Waals surface area contributed by atoms with Gasteiger partial charge in [0, 0.05) is 0 Å². The third-order valence-corrected chi connectivity index (χ3v) is 3.21. The van der Waals surface area contributed by atoms with Crippen LogP contribution in [0.3, 0.4) is 0 Å². The Bertz CT molecular complexity index is 95.8. The maximum Gasteiger partial charge on any atom is 2.00 e. The van der Waals surface area contributed by atoms with E-state index in [1.165, 1.54) is 77.0 Å². The first-order valence-corrected chi connectivity index (χ1v) is 8.41. The second-order valence-electron chi connectivity index (χ2n) is 5.24. The molecular weight excluding hydrogens is 339 g/mol. The summed E-state index contributed by atoms with van der Waals surface area (Å²) in [6.07, 6.45) is 18.9. The molecule has 0 aliphatic carbocycles. The molecule has 0 fully saturated rings. The van der Waals surface area contributed by atoms with E-state index in [4.69, 9.17) is 0 Å². The summed E-state index contributed by atoms with van der Waals surface area (Å²) in [6, 6.07) is 0. The fourth-order valence-electron chi connectivity index (χ4n) is 1.91. The quantitative estimate of drug-likeness (QED) is 0.317. The molecule has 130 valence electrons. The summed E-state index contributed by atoms with van der Waals surface area (Å²) >= 11 is 0. The van der Waals surface area contributed by atoms with Crippen molar-refractivity contribution in [1.29, 1.82) is 0 Å². The Morgan fingerprint density at radius 2 is 0.714 bits per heavy atom. The van der Waals surface area contributed by atoms with Crippen LogP contribution in [0.25, 0.3) is 0 Å². The molecule has 0 aromatic carbocycles. The molecule has 0 unspecified atom stereocenters. The van der Waals surface area contributed by atoms with Crippen LogP contribution in [0.2, 0.25) is 0 Å². The molecule has 0 saturated heterocycles. The molecule has 0 aliphatic rings. The Morgan fingerprint density at radius 1 is 0.476 bits per heavy atom. The average molecular weight is 382 g/mol. The molecule has 0 spiro atoms. The fraction of sp³-hybridized carbons (Fsp3) is 0.889. The van der Waals surface area contributed by atoms with Gasteiger partial charge in [0.05, 0.1) is 0 Å². The minimum Gasteiger partial charge on any atom is -0.412 e. The first-order chi connectivity index (χ1) is 8.83. The summed E-state index contributed by atoms with van der Waals surface area (Å²) in [5.74, 6) is 0. The second-order valence-corrected chi connectivity index (χ2v) is 5.24. The van der Waals surface area contributed by atoms with Crippen LogP contribution in [0, 0.1) is 13.8 Å². The third kappa shape index (κ3) is 44.9. The Hall–Kier alpha value is 0.803. The van der Waals surface area contributed by atoms with Gasteiger partial charge in [-0.3, -0.25) is 0 Å². The molecular formula is C18H42O2Zr. The predicted molar refractivity (Wildman–Crippen MR) is 93.9 cm³/mol. The Kier molecular flexibility index (Phi) is 59.2. The van der Waals surface area contributed by atoms with E-state index < -0.39 is 0 Å². The van der Waals surface area contributed by atoms with Gasteiger partial charge in [-0.1, -0.05) is 90.9 Å². The first-order valence-electron chi connectivity index (χ1n) is 8.41. The topological polar surface area (TPSA) is 63.0 Å². The first kappa shape index (κ1) is 33.4. The third-order valence-electron chi connectivity index (χ3n) is 3.21. The fourth-order valence-corrected chi connectivity index (χ4v) is 1.91. The Labute approximate surface area is 154 Å². The maximum absolute atomic E-state index is 3.80. The largest absolute Gasteiger partial charge is 2.00 e. The van der Waals surface area contributed by atoms with Crippen molar-refractivity contribution >= 4 is 0 Å². The number of unbranched alkanes of at least 4 members (excludes halogenated alkanes) is 12. The standard InChI is InChI=1S/2C9H19.2H2O.Zr/c2*1-3-5-7-9-8-6-4-2;;;/h2*1,3-9H2,2H3;2*1H2;/q2*-1;;;+2. The molecule has 0 bridgehead atoms. The molecule has 3 heteroatoms. The summed E-state index contributed by atoms with van der Waals surface area (Å²) in [5.41, 5.74) is 0. The number of hydrogen-bond acceptors (Lipinski definition) is 0. The van der Waals surface area contributed by atoms with Crippen molar-refractivity contribution in [3.8, 4) is 0 Å². The van der Waals surface area contributed by atoms with E-state index in [0.717, 1.165) is 12.8 Å². The summed E-state index contributed by atoms with van der Waals surface area (Å²) in [5, 5.41) is 0. The van der Waals surface area contributed by atoms with Gasteiger partial charge in [0.1, 0.15) is 0 Å². The summed E-state index contributed by atoms with van der Waals surface area (Å²) in [4.78, 5) is 0. The summed E-state index contributed by atoms with van der Waals surface area (Å²) in [7, 11) is 0. The zero-order valence-electron chi connectivity index (χ0n) is 14.8. The van der Waals surface area contributed by atoms with Gasteiger partial charge in [0.2, 0.25) is 0 Å². The van der Waals surface area contributed by atoms with Gasteiger partial charge in [0.25, 0.3) is 0 Å². The van der Waals surface area contributed by atoms with E-state index in [-0.39, 0.29) is 37.2 Å². The van der Waals surface area contributed by atoms with Crippen molar-refractivity contribution in [2.24, 2.45) is 0 Å². The molecule has 0 aromatic rings. The minimum absolute atomic E-state index is 0. The van der Waals surface area contributed by atoms with E-state index in [9.17, 15) is 0 Å². The Morgan fingerprint density at radius 3 is 0.952 bits per heavy atom. The molecule has 0 aromatic heterocycles. The van der Waals surface area contributed by atoms with E-state index in [0.29, 0.717) is 0 Å². The van der Waals surface area contributed by atoms with Gasteiger partial charge in [-0.25, -0.2) is 0 Å². The van der Waals surface area contributed by atoms with Crippen LogP contribution in [-0.4, -0.2) is 11.0 Å². The minimum atomic E-state index is 0. The molecule has 2 nitrogen and oxygen atoms in total.